The molecule has 0 N–H and O–H groups in total. The number of hydrogen-bond acceptors (Lipinski definition) is 0. The van der Waals surface area contributed by atoms with Crippen LogP contribution in [0.25, 0.3) is 0 Å². The highest BCUT2D eigenvalue weighted by molar-refractivity contribution is 5.21. The second kappa shape index (κ2) is 3.25. The maximum absolute atomic E-state index is 2.38. The van der Waals surface area contributed by atoms with E-state index < -0.39 is 0 Å². The third-order valence-electron chi connectivity index (χ3n) is 2.39. The lowest BCUT2D eigenvalue weighted by atomic mass is 9.78. The molecule has 0 spiro atoms. The van der Waals surface area contributed by atoms with Gasteiger partial charge in [-0.25, -0.2) is 0 Å². The van der Waals surface area contributed by atoms with Gasteiger partial charge in [-0.3, -0.25) is 0 Å². The van der Waals surface area contributed by atoms with Crippen LogP contribution >= 0.6 is 0 Å². The van der Waals surface area contributed by atoms with E-state index in [9.17, 15) is 0 Å². The van der Waals surface area contributed by atoms with E-state index in [1.54, 1.807) is 0 Å². The normalized spacial score (nSPS) is 23.7. The minimum Gasteiger partial charge on any atom is -0.0874 e. The van der Waals surface area contributed by atoms with Crippen molar-refractivity contribution >= 4 is 0 Å². The van der Waals surface area contributed by atoms with Crippen molar-refractivity contribution in [2.45, 2.75) is 40.0 Å². The molecule has 0 heterocycles. The highest BCUT2D eigenvalue weighted by Crippen LogP contribution is 2.34. The van der Waals surface area contributed by atoms with Gasteiger partial charge >= 0.3 is 0 Å². The summed E-state index contributed by atoms with van der Waals surface area (Å²) < 4.78 is 0. The monoisotopic (exact) mass is 150 g/mol. The Morgan fingerprint density at radius 3 is 2.64 bits per heavy atom. The van der Waals surface area contributed by atoms with Crippen LogP contribution in [0.4, 0.5) is 0 Å². The maximum atomic E-state index is 2.38. The van der Waals surface area contributed by atoms with E-state index in [2.05, 4.69) is 39.0 Å². The van der Waals surface area contributed by atoms with E-state index in [1.807, 2.05) is 0 Å². The molecule has 62 valence electrons. The van der Waals surface area contributed by atoms with Crippen molar-refractivity contribution in [1.82, 2.24) is 0 Å². The first-order valence-electron chi connectivity index (χ1n) is 4.46. The van der Waals surface area contributed by atoms with E-state index in [4.69, 9.17) is 0 Å². The van der Waals surface area contributed by atoms with Crippen LogP contribution in [0.15, 0.2) is 23.8 Å². The van der Waals surface area contributed by atoms with Crippen molar-refractivity contribution in [3.8, 4) is 0 Å². The van der Waals surface area contributed by atoms with Crippen molar-refractivity contribution in [1.29, 1.82) is 0 Å². The topological polar surface area (TPSA) is 0 Å². The van der Waals surface area contributed by atoms with Crippen molar-refractivity contribution in [3.05, 3.63) is 23.8 Å². The molecule has 0 aliphatic heterocycles. The second-order valence-corrected chi connectivity index (χ2v) is 4.15. The van der Waals surface area contributed by atoms with Crippen LogP contribution in [-0.4, -0.2) is 0 Å². The van der Waals surface area contributed by atoms with Gasteiger partial charge in [0.2, 0.25) is 0 Å². The van der Waals surface area contributed by atoms with Gasteiger partial charge in [-0.05, 0) is 31.6 Å². The molecule has 0 amide bonds. The van der Waals surface area contributed by atoms with Crippen LogP contribution in [-0.2, 0) is 0 Å². The molecule has 0 heteroatoms. The minimum atomic E-state index is 0.547. The molecule has 11 heavy (non-hydrogen) atoms. The highest BCUT2D eigenvalue weighted by Gasteiger charge is 2.19. The lowest BCUT2D eigenvalue weighted by Gasteiger charge is -2.27. The Morgan fingerprint density at radius 1 is 1.45 bits per heavy atom. The third-order valence-corrected chi connectivity index (χ3v) is 2.39. The molecule has 1 rings (SSSR count). The molecule has 0 fully saturated rings. The lowest BCUT2D eigenvalue weighted by Crippen LogP contribution is -2.13. The summed E-state index contributed by atoms with van der Waals surface area (Å²) in [5, 5.41) is 0. The average molecular weight is 150 g/mol. The Bertz CT molecular complexity index is 182. The fourth-order valence-corrected chi connectivity index (χ4v) is 1.46. The van der Waals surface area contributed by atoms with Crippen molar-refractivity contribution in [2.24, 2.45) is 5.41 Å². The van der Waals surface area contributed by atoms with Crippen molar-refractivity contribution in [3.63, 3.8) is 0 Å². The molecule has 0 unspecified atom stereocenters. The largest absolute Gasteiger partial charge is 0.0874 e. The van der Waals surface area contributed by atoms with Gasteiger partial charge in [0.25, 0.3) is 0 Å². The van der Waals surface area contributed by atoms with Gasteiger partial charge in [-0.1, -0.05) is 37.6 Å². The molecule has 0 atom stereocenters. The summed E-state index contributed by atoms with van der Waals surface area (Å²) in [6.07, 6.45) is 10.6. The molecular formula is C11H18. The van der Waals surface area contributed by atoms with E-state index >= 15 is 0 Å². The highest BCUT2D eigenvalue weighted by atomic mass is 14.2. The lowest BCUT2D eigenvalue weighted by molar-refractivity contribution is 0.326. The summed E-state index contributed by atoms with van der Waals surface area (Å²) >= 11 is 0. The van der Waals surface area contributed by atoms with E-state index in [-0.39, 0.29) is 0 Å². The van der Waals surface area contributed by atoms with E-state index in [0.29, 0.717) is 5.41 Å². The molecule has 0 saturated carbocycles. The summed E-state index contributed by atoms with van der Waals surface area (Å²) in [5.74, 6) is 0. The van der Waals surface area contributed by atoms with Gasteiger partial charge in [0, 0.05) is 0 Å². The Balaban J connectivity index is 2.57. The summed E-state index contributed by atoms with van der Waals surface area (Å²) in [6, 6.07) is 0. The van der Waals surface area contributed by atoms with Gasteiger partial charge in [-0.2, -0.15) is 0 Å². The van der Waals surface area contributed by atoms with Crippen LogP contribution in [0.1, 0.15) is 40.0 Å². The van der Waals surface area contributed by atoms with Gasteiger partial charge < -0.3 is 0 Å². The Kier molecular flexibility index (Phi) is 2.53. The SMILES string of the molecule is C/C=C/C1=CCC(C)(C)CC1. The first-order valence-corrected chi connectivity index (χ1v) is 4.46. The Morgan fingerprint density at radius 2 is 2.18 bits per heavy atom. The fraction of sp³-hybridized carbons (Fsp3) is 0.636. The summed E-state index contributed by atoms with van der Waals surface area (Å²) in [5.41, 5.74) is 2.07. The zero-order valence-electron chi connectivity index (χ0n) is 7.85. The zero-order valence-corrected chi connectivity index (χ0v) is 7.85. The van der Waals surface area contributed by atoms with Gasteiger partial charge in [-0.15, -0.1) is 0 Å². The standard InChI is InChI=1S/C11H18/c1-4-5-10-6-8-11(2,3)9-7-10/h4-6H,7-9H2,1-3H3/b5-4+. The smallest absolute Gasteiger partial charge is 0.0277 e. The molecule has 0 aromatic carbocycles. The fourth-order valence-electron chi connectivity index (χ4n) is 1.46. The third kappa shape index (κ3) is 2.53. The first-order chi connectivity index (χ1) is 5.14. The Labute approximate surface area is 70.0 Å². The van der Waals surface area contributed by atoms with Gasteiger partial charge in [0.1, 0.15) is 0 Å². The predicted molar refractivity (Wildman–Crippen MR) is 50.5 cm³/mol. The number of allylic oxidation sites excluding steroid dienone is 4. The van der Waals surface area contributed by atoms with Crippen LogP contribution in [0, 0.1) is 5.41 Å². The molecule has 1 aliphatic carbocycles. The molecule has 0 aromatic heterocycles. The molecule has 0 radical (unpaired) electrons. The van der Waals surface area contributed by atoms with Crippen LogP contribution in [0.5, 0.6) is 0 Å². The molecule has 1 aliphatic rings. The summed E-state index contributed by atoms with van der Waals surface area (Å²) in [7, 11) is 0. The summed E-state index contributed by atoms with van der Waals surface area (Å²) in [6.45, 7) is 6.77. The zero-order chi connectivity index (χ0) is 8.32. The van der Waals surface area contributed by atoms with Crippen LogP contribution in [0.3, 0.4) is 0 Å². The first kappa shape index (κ1) is 8.58. The molecule has 0 nitrogen and oxygen atoms in total. The van der Waals surface area contributed by atoms with E-state index in [0.717, 1.165) is 0 Å². The number of rotatable bonds is 1. The Hall–Kier alpha value is -0.520. The van der Waals surface area contributed by atoms with Crippen LogP contribution in [0.2, 0.25) is 0 Å². The molecule has 0 saturated heterocycles. The second-order valence-electron chi connectivity index (χ2n) is 4.15. The molecule has 0 bridgehead atoms. The van der Waals surface area contributed by atoms with Crippen LogP contribution < -0.4 is 0 Å². The summed E-state index contributed by atoms with van der Waals surface area (Å²) in [4.78, 5) is 0. The molecular weight excluding hydrogens is 132 g/mol. The predicted octanol–water partition coefficient (Wildman–Crippen LogP) is 3.70. The van der Waals surface area contributed by atoms with Crippen molar-refractivity contribution in [2.75, 3.05) is 0 Å². The van der Waals surface area contributed by atoms with Gasteiger partial charge in [0.15, 0.2) is 0 Å². The van der Waals surface area contributed by atoms with Crippen molar-refractivity contribution < 1.29 is 0 Å². The average Bonchev–Trinajstić information content (AvgIpc) is 1.94. The van der Waals surface area contributed by atoms with E-state index in [1.165, 1.54) is 24.8 Å². The minimum absolute atomic E-state index is 0.547. The number of hydrogen-bond donors (Lipinski definition) is 0. The molecule has 0 aromatic rings. The maximum Gasteiger partial charge on any atom is -0.0277 e. The quantitative estimate of drug-likeness (QED) is 0.534. The van der Waals surface area contributed by atoms with Gasteiger partial charge in [0.05, 0.1) is 0 Å².